The summed E-state index contributed by atoms with van der Waals surface area (Å²) >= 11 is 0. The zero-order chi connectivity index (χ0) is 13.7. The van der Waals surface area contributed by atoms with Crippen LogP contribution in [0.5, 0.6) is 11.5 Å². The zero-order valence-electron chi connectivity index (χ0n) is 11.1. The number of benzene rings is 2. The molecule has 0 aliphatic carbocycles. The maximum atomic E-state index is 5.85. The van der Waals surface area contributed by atoms with E-state index in [1.165, 1.54) is 0 Å². The van der Waals surface area contributed by atoms with Crippen molar-refractivity contribution in [3.8, 4) is 11.5 Å². The van der Waals surface area contributed by atoms with E-state index in [4.69, 9.17) is 15.2 Å². The van der Waals surface area contributed by atoms with Gasteiger partial charge in [-0.3, -0.25) is 0 Å². The number of hydrogen-bond donors (Lipinski definition) is 1. The highest BCUT2D eigenvalue weighted by Gasteiger charge is 2.11. The van der Waals surface area contributed by atoms with Gasteiger partial charge in [0.15, 0.2) is 11.5 Å². The van der Waals surface area contributed by atoms with Crippen molar-refractivity contribution in [2.75, 3.05) is 20.0 Å². The number of methoxy groups -OCH3 is 2. The van der Waals surface area contributed by atoms with Crippen LogP contribution in [0.1, 0.15) is 11.1 Å². The van der Waals surface area contributed by atoms with Gasteiger partial charge >= 0.3 is 0 Å². The molecule has 2 aromatic carbocycles. The van der Waals surface area contributed by atoms with Gasteiger partial charge in [0.05, 0.1) is 19.9 Å². The Hall–Kier alpha value is -2.42. The van der Waals surface area contributed by atoms with E-state index < -0.39 is 0 Å². The van der Waals surface area contributed by atoms with Crippen molar-refractivity contribution in [3.63, 3.8) is 0 Å². The van der Waals surface area contributed by atoms with E-state index >= 15 is 0 Å². The number of nitrogen functional groups attached to an aromatic ring is 1. The molecule has 0 atom stereocenters. The first-order valence-electron chi connectivity index (χ1n) is 6.00. The molecule has 3 nitrogen and oxygen atoms in total. The lowest BCUT2D eigenvalue weighted by Gasteiger charge is -2.12. The molecule has 0 fully saturated rings. The van der Waals surface area contributed by atoms with Gasteiger partial charge in [-0.05, 0) is 17.7 Å². The van der Waals surface area contributed by atoms with Crippen LogP contribution >= 0.6 is 0 Å². The second-order valence-corrected chi connectivity index (χ2v) is 4.05. The minimum atomic E-state index is 0.566. The van der Waals surface area contributed by atoms with E-state index in [0.29, 0.717) is 17.2 Å². The summed E-state index contributed by atoms with van der Waals surface area (Å²) < 4.78 is 10.7. The number of ether oxygens (including phenoxy) is 2. The molecule has 0 radical (unpaired) electrons. The summed E-state index contributed by atoms with van der Waals surface area (Å²) in [5.41, 5.74) is 8.47. The third kappa shape index (κ3) is 2.88. The molecule has 0 aromatic heterocycles. The average Bonchev–Trinajstić information content (AvgIpc) is 2.46. The van der Waals surface area contributed by atoms with E-state index in [-0.39, 0.29) is 0 Å². The quantitative estimate of drug-likeness (QED) is 0.672. The van der Waals surface area contributed by atoms with E-state index in [2.05, 4.69) is 0 Å². The minimum absolute atomic E-state index is 0.566. The molecular weight excluding hydrogens is 238 g/mol. The Kier molecular flexibility index (Phi) is 4.08. The van der Waals surface area contributed by atoms with Crippen molar-refractivity contribution in [3.05, 3.63) is 53.6 Å². The maximum Gasteiger partial charge on any atom is 0.184 e. The number of rotatable bonds is 4. The smallest absolute Gasteiger partial charge is 0.184 e. The molecular formula is C16H17NO2. The Balaban J connectivity index is 2.38. The summed E-state index contributed by atoms with van der Waals surface area (Å²) in [6, 6.07) is 13.8. The summed E-state index contributed by atoms with van der Waals surface area (Å²) in [6.45, 7) is 0. The fraction of sp³-hybridized carbons (Fsp3) is 0.125. The molecule has 0 saturated heterocycles. The van der Waals surface area contributed by atoms with Crippen LogP contribution in [0.4, 0.5) is 5.69 Å². The van der Waals surface area contributed by atoms with E-state index in [1.807, 2.05) is 54.6 Å². The van der Waals surface area contributed by atoms with Gasteiger partial charge in [0.25, 0.3) is 0 Å². The van der Waals surface area contributed by atoms with Crippen LogP contribution in [-0.2, 0) is 0 Å². The monoisotopic (exact) mass is 255 g/mol. The molecule has 3 heteroatoms. The predicted molar refractivity (Wildman–Crippen MR) is 79.3 cm³/mol. The first kappa shape index (κ1) is 13.0. The molecule has 0 heterocycles. The molecule has 98 valence electrons. The maximum absolute atomic E-state index is 5.85. The van der Waals surface area contributed by atoms with Gasteiger partial charge in [-0.1, -0.05) is 42.5 Å². The van der Waals surface area contributed by atoms with Crippen LogP contribution in [0.3, 0.4) is 0 Å². The van der Waals surface area contributed by atoms with Crippen LogP contribution in [0.25, 0.3) is 12.2 Å². The highest BCUT2D eigenvalue weighted by atomic mass is 16.5. The molecule has 2 aromatic rings. The van der Waals surface area contributed by atoms with Gasteiger partial charge in [-0.15, -0.1) is 0 Å². The highest BCUT2D eigenvalue weighted by molar-refractivity contribution is 5.77. The van der Waals surface area contributed by atoms with E-state index in [9.17, 15) is 0 Å². The van der Waals surface area contributed by atoms with Crippen molar-refractivity contribution in [2.45, 2.75) is 0 Å². The van der Waals surface area contributed by atoms with Crippen molar-refractivity contribution in [1.29, 1.82) is 0 Å². The molecule has 0 saturated carbocycles. The third-order valence-corrected chi connectivity index (χ3v) is 2.84. The third-order valence-electron chi connectivity index (χ3n) is 2.84. The number of nitrogens with two attached hydrogens (primary N) is 1. The number of hydrogen-bond acceptors (Lipinski definition) is 3. The van der Waals surface area contributed by atoms with Gasteiger partial charge in [0.2, 0.25) is 0 Å². The second-order valence-electron chi connectivity index (χ2n) is 4.05. The van der Waals surface area contributed by atoms with E-state index in [1.54, 1.807) is 14.2 Å². The van der Waals surface area contributed by atoms with Crippen LogP contribution in [0, 0.1) is 0 Å². The molecule has 0 aliphatic heterocycles. The second kappa shape index (κ2) is 5.96. The standard InChI is InChI=1S/C16H17NO2/c1-18-15-13(10-11-14(17)16(15)19-2)9-8-12-6-4-3-5-7-12/h3-11H,17H2,1-2H3. The van der Waals surface area contributed by atoms with Crippen LogP contribution in [0.2, 0.25) is 0 Å². The fourth-order valence-corrected chi connectivity index (χ4v) is 1.90. The normalized spacial score (nSPS) is 10.6. The van der Waals surface area contributed by atoms with E-state index in [0.717, 1.165) is 11.1 Å². The van der Waals surface area contributed by atoms with Crippen molar-refractivity contribution >= 4 is 17.8 Å². The van der Waals surface area contributed by atoms with Crippen LogP contribution < -0.4 is 15.2 Å². The fourth-order valence-electron chi connectivity index (χ4n) is 1.90. The molecule has 19 heavy (non-hydrogen) atoms. The SMILES string of the molecule is COc1c(N)ccc(C=Cc2ccccc2)c1OC. The molecule has 0 aliphatic rings. The zero-order valence-corrected chi connectivity index (χ0v) is 11.1. The van der Waals surface area contributed by atoms with Gasteiger partial charge in [0.1, 0.15) is 0 Å². The Bertz CT molecular complexity index is 577. The highest BCUT2D eigenvalue weighted by Crippen LogP contribution is 2.37. The Morgan fingerprint density at radius 3 is 2.16 bits per heavy atom. The van der Waals surface area contributed by atoms with Gasteiger partial charge in [0, 0.05) is 5.56 Å². The minimum Gasteiger partial charge on any atom is -0.492 e. The summed E-state index contributed by atoms with van der Waals surface area (Å²) in [4.78, 5) is 0. The van der Waals surface area contributed by atoms with Crippen LogP contribution in [0.15, 0.2) is 42.5 Å². The molecule has 0 amide bonds. The molecule has 0 spiro atoms. The van der Waals surface area contributed by atoms with Gasteiger partial charge in [-0.25, -0.2) is 0 Å². The first-order valence-corrected chi connectivity index (χ1v) is 6.00. The largest absolute Gasteiger partial charge is 0.492 e. The lowest BCUT2D eigenvalue weighted by molar-refractivity contribution is 0.356. The van der Waals surface area contributed by atoms with Crippen molar-refractivity contribution < 1.29 is 9.47 Å². The van der Waals surface area contributed by atoms with Crippen LogP contribution in [-0.4, -0.2) is 14.2 Å². The molecule has 2 rings (SSSR count). The lowest BCUT2D eigenvalue weighted by atomic mass is 10.1. The summed E-state index contributed by atoms with van der Waals surface area (Å²) in [6.07, 6.45) is 4.00. The summed E-state index contributed by atoms with van der Waals surface area (Å²) in [5, 5.41) is 0. The molecule has 0 bridgehead atoms. The Morgan fingerprint density at radius 1 is 0.842 bits per heavy atom. The Morgan fingerprint density at radius 2 is 1.53 bits per heavy atom. The van der Waals surface area contributed by atoms with Crippen molar-refractivity contribution in [1.82, 2.24) is 0 Å². The number of anilines is 1. The van der Waals surface area contributed by atoms with Gasteiger partial charge in [-0.2, -0.15) is 0 Å². The molecule has 2 N–H and O–H groups in total. The lowest BCUT2D eigenvalue weighted by Crippen LogP contribution is -1.97. The summed E-state index contributed by atoms with van der Waals surface area (Å²) in [5.74, 6) is 1.22. The Labute approximate surface area is 113 Å². The molecule has 0 unspecified atom stereocenters. The van der Waals surface area contributed by atoms with Gasteiger partial charge < -0.3 is 15.2 Å². The van der Waals surface area contributed by atoms with Crippen molar-refractivity contribution in [2.24, 2.45) is 0 Å². The summed E-state index contributed by atoms with van der Waals surface area (Å²) in [7, 11) is 3.19. The average molecular weight is 255 g/mol. The topological polar surface area (TPSA) is 44.5 Å². The predicted octanol–water partition coefficient (Wildman–Crippen LogP) is 3.46. The first-order chi connectivity index (χ1) is 9.26.